The number of fused-ring (bicyclic) bond motifs is 1. The molecule has 0 aliphatic carbocycles. The lowest BCUT2D eigenvalue weighted by atomic mass is 10.1. The molecule has 0 radical (unpaired) electrons. The van der Waals surface area contributed by atoms with Crippen molar-refractivity contribution in [1.29, 1.82) is 0 Å². The highest BCUT2D eigenvalue weighted by Gasteiger charge is 2.26. The van der Waals surface area contributed by atoms with E-state index in [0.717, 1.165) is 12.0 Å². The van der Waals surface area contributed by atoms with Crippen LogP contribution in [0, 0.1) is 11.7 Å². The van der Waals surface area contributed by atoms with E-state index in [9.17, 15) is 14.3 Å². The Labute approximate surface area is 202 Å². The molecule has 1 atom stereocenters. The number of aromatic hydroxyl groups is 1. The van der Waals surface area contributed by atoms with Gasteiger partial charge < -0.3 is 20.1 Å². The standard InChI is InChI=1S/C27H25FN4O3/c28-20-10-11-23-22(14-20)26(31-25(30-23)21-8-4-5-9-24(21)33)32-13-12-19(16-32)15-29-27(34)35-17-18-6-2-1-3-7-18/h1-11,14,19,33H,12-13,15-17H2,(H,29,34)/t19-/m0/s1. The largest absolute Gasteiger partial charge is 0.507 e. The van der Waals surface area contributed by atoms with Crippen LogP contribution in [0.4, 0.5) is 15.0 Å². The molecule has 1 saturated heterocycles. The zero-order chi connectivity index (χ0) is 24.2. The van der Waals surface area contributed by atoms with Crippen LogP contribution in [0.2, 0.25) is 0 Å². The topological polar surface area (TPSA) is 87.6 Å². The number of carbonyl (C=O) groups is 1. The fraction of sp³-hybridized carbons (Fsp3) is 0.222. The Kier molecular flexibility index (Phi) is 6.43. The van der Waals surface area contributed by atoms with Crippen molar-refractivity contribution in [3.8, 4) is 17.1 Å². The molecule has 0 unspecified atom stereocenters. The minimum absolute atomic E-state index is 0.0809. The molecule has 1 fully saturated rings. The number of hydrogen-bond donors (Lipinski definition) is 2. The number of anilines is 1. The van der Waals surface area contributed by atoms with Crippen molar-refractivity contribution in [3.63, 3.8) is 0 Å². The molecule has 0 spiro atoms. The van der Waals surface area contributed by atoms with Gasteiger partial charge >= 0.3 is 6.09 Å². The van der Waals surface area contributed by atoms with Gasteiger partial charge in [-0.1, -0.05) is 42.5 Å². The fourth-order valence-corrected chi connectivity index (χ4v) is 4.30. The van der Waals surface area contributed by atoms with E-state index in [4.69, 9.17) is 9.72 Å². The zero-order valence-electron chi connectivity index (χ0n) is 19.0. The van der Waals surface area contributed by atoms with Crippen molar-refractivity contribution in [2.75, 3.05) is 24.5 Å². The lowest BCUT2D eigenvalue weighted by molar-refractivity contribution is 0.138. The third kappa shape index (κ3) is 5.16. The van der Waals surface area contributed by atoms with Gasteiger partial charge in [-0.25, -0.2) is 19.2 Å². The first-order valence-corrected chi connectivity index (χ1v) is 11.5. The van der Waals surface area contributed by atoms with Crippen molar-refractivity contribution in [3.05, 3.63) is 84.2 Å². The summed E-state index contributed by atoms with van der Waals surface area (Å²) in [4.78, 5) is 23.5. The van der Waals surface area contributed by atoms with Crippen molar-refractivity contribution in [1.82, 2.24) is 15.3 Å². The van der Waals surface area contributed by atoms with E-state index in [1.807, 2.05) is 30.3 Å². The second-order valence-corrected chi connectivity index (χ2v) is 8.59. The number of ether oxygens (including phenoxy) is 1. The van der Waals surface area contributed by atoms with Gasteiger partial charge in [0.25, 0.3) is 0 Å². The lowest BCUT2D eigenvalue weighted by Crippen LogP contribution is -2.31. The number of phenols is 1. The number of carbonyl (C=O) groups excluding carboxylic acids is 1. The average molecular weight is 473 g/mol. The molecule has 1 aliphatic rings. The van der Waals surface area contributed by atoms with Gasteiger partial charge in [0.1, 0.15) is 24.0 Å². The maximum atomic E-state index is 14.1. The molecule has 2 heterocycles. The fourth-order valence-electron chi connectivity index (χ4n) is 4.30. The zero-order valence-corrected chi connectivity index (χ0v) is 19.0. The molecule has 1 aromatic heterocycles. The molecule has 0 bridgehead atoms. The normalized spacial score (nSPS) is 15.3. The van der Waals surface area contributed by atoms with Gasteiger partial charge in [-0.15, -0.1) is 0 Å². The molecule has 7 nitrogen and oxygen atoms in total. The molecule has 178 valence electrons. The van der Waals surface area contributed by atoms with Crippen molar-refractivity contribution in [2.45, 2.75) is 13.0 Å². The first-order valence-electron chi connectivity index (χ1n) is 11.5. The maximum absolute atomic E-state index is 14.1. The molecule has 5 rings (SSSR count). The van der Waals surface area contributed by atoms with Crippen LogP contribution in [-0.4, -0.2) is 40.8 Å². The van der Waals surface area contributed by atoms with Crippen LogP contribution in [0.25, 0.3) is 22.3 Å². The van der Waals surface area contributed by atoms with E-state index in [0.29, 0.717) is 47.7 Å². The van der Waals surface area contributed by atoms with Crippen molar-refractivity contribution >= 4 is 22.8 Å². The Morgan fingerprint density at radius 1 is 1.09 bits per heavy atom. The van der Waals surface area contributed by atoms with E-state index in [1.165, 1.54) is 12.1 Å². The highest BCUT2D eigenvalue weighted by Crippen LogP contribution is 2.33. The first kappa shape index (κ1) is 22.6. The Hall–Kier alpha value is -4.20. The summed E-state index contributed by atoms with van der Waals surface area (Å²) < 4.78 is 19.4. The number of phenolic OH excluding ortho intramolecular Hbond substituents is 1. The number of hydrogen-bond acceptors (Lipinski definition) is 6. The Morgan fingerprint density at radius 3 is 2.71 bits per heavy atom. The van der Waals surface area contributed by atoms with Crippen LogP contribution in [0.5, 0.6) is 5.75 Å². The second kappa shape index (κ2) is 9.97. The number of nitrogens with one attached hydrogen (secondary N) is 1. The van der Waals surface area contributed by atoms with Gasteiger partial charge in [0.05, 0.1) is 11.1 Å². The molecule has 8 heteroatoms. The minimum atomic E-state index is -0.455. The van der Waals surface area contributed by atoms with Crippen LogP contribution in [-0.2, 0) is 11.3 Å². The summed E-state index contributed by atoms with van der Waals surface area (Å²) >= 11 is 0. The lowest BCUT2D eigenvalue weighted by Gasteiger charge is -2.20. The van der Waals surface area contributed by atoms with Gasteiger partial charge in [0, 0.05) is 25.0 Å². The highest BCUT2D eigenvalue weighted by molar-refractivity contribution is 5.91. The number of aromatic nitrogens is 2. The summed E-state index contributed by atoms with van der Waals surface area (Å²) in [5.41, 5.74) is 2.04. The third-order valence-electron chi connectivity index (χ3n) is 6.12. The molecule has 1 amide bonds. The molecule has 4 aromatic rings. The molecule has 35 heavy (non-hydrogen) atoms. The predicted molar refractivity (Wildman–Crippen MR) is 132 cm³/mol. The van der Waals surface area contributed by atoms with Crippen molar-refractivity contribution < 1.29 is 19.0 Å². The first-order chi connectivity index (χ1) is 17.1. The Balaban J connectivity index is 1.30. The number of benzene rings is 3. The summed E-state index contributed by atoms with van der Waals surface area (Å²) in [6, 6.07) is 20.8. The van der Waals surface area contributed by atoms with Crippen molar-refractivity contribution in [2.24, 2.45) is 5.92 Å². The van der Waals surface area contributed by atoms with Crippen LogP contribution in [0.15, 0.2) is 72.8 Å². The second-order valence-electron chi connectivity index (χ2n) is 8.59. The van der Waals surface area contributed by atoms with Crippen LogP contribution in [0.1, 0.15) is 12.0 Å². The monoisotopic (exact) mass is 472 g/mol. The smallest absolute Gasteiger partial charge is 0.407 e. The van der Waals surface area contributed by atoms with E-state index >= 15 is 0 Å². The molecular weight excluding hydrogens is 447 g/mol. The molecule has 3 aromatic carbocycles. The predicted octanol–water partition coefficient (Wildman–Crippen LogP) is 4.89. The molecular formula is C27H25FN4O3. The maximum Gasteiger partial charge on any atom is 0.407 e. The number of halogens is 1. The van der Waals surface area contributed by atoms with E-state index < -0.39 is 6.09 Å². The van der Waals surface area contributed by atoms with Gasteiger partial charge in [-0.3, -0.25) is 0 Å². The summed E-state index contributed by atoms with van der Waals surface area (Å²) in [6.07, 6.45) is 0.384. The number of amides is 1. The number of nitrogens with zero attached hydrogens (tertiary/aromatic N) is 3. The molecule has 0 saturated carbocycles. The third-order valence-corrected chi connectivity index (χ3v) is 6.12. The molecule has 2 N–H and O–H groups in total. The number of para-hydroxylation sites is 1. The Bertz CT molecular complexity index is 1350. The summed E-state index contributed by atoms with van der Waals surface area (Å²) in [5, 5.41) is 13.8. The Morgan fingerprint density at radius 2 is 1.89 bits per heavy atom. The minimum Gasteiger partial charge on any atom is -0.507 e. The van der Waals surface area contributed by atoms with Gasteiger partial charge in [0.15, 0.2) is 5.82 Å². The van der Waals surface area contributed by atoms with E-state index in [1.54, 1.807) is 30.3 Å². The summed E-state index contributed by atoms with van der Waals surface area (Å²) in [5.74, 6) is 0.894. The van der Waals surface area contributed by atoms with Gasteiger partial charge in [-0.05, 0) is 48.2 Å². The summed E-state index contributed by atoms with van der Waals surface area (Å²) in [7, 11) is 0. The van der Waals surface area contributed by atoms with E-state index in [2.05, 4.69) is 15.2 Å². The van der Waals surface area contributed by atoms with Gasteiger partial charge in [-0.2, -0.15) is 0 Å². The number of alkyl carbamates (subject to hydrolysis) is 1. The SMILES string of the molecule is O=C(NC[C@@H]1CCN(c2nc(-c3ccccc3O)nc3ccc(F)cc23)C1)OCc1ccccc1. The average Bonchev–Trinajstić information content (AvgIpc) is 3.35. The van der Waals surface area contributed by atoms with E-state index in [-0.39, 0.29) is 24.1 Å². The molecule has 1 aliphatic heterocycles. The van der Waals surface area contributed by atoms with Crippen LogP contribution >= 0.6 is 0 Å². The number of rotatable bonds is 6. The highest BCUT2D eigenvalue weighted by atomic mass is 19.1. The van der Waals surface area contributed by atoms with Gasteiger partial charge in [0.2, 0.25) is 0 Å². The summed E-state index contributed by atoms with van der Waals surface area (Å²) in [6.45, 7) is 2.03. The van der Waals surface area contributed by atoms with Crippen LogP contribution in [0.3, 0.4) is 0 Å². The quantitative estimate of drug-likeness (QED) is 0.415. The van der Waals surface area contributed by atoms with Crippen LogP contribution < -0.4 is 10.2 Å².